The molecule has 2 rings (SSSR count). The summed E-state index contributed by atoms with van der Waals surface area (Å²) >= 11 is 0. The van der Waals surface area contributed by atoms with Gasteiger partial charge >= 0.3 is 0 Å². The van der Waals surface area contributed by atoms with Crippen LogP contribution in [0.3, 0.4) is 0 Å². The van der Waals surface area contributed by atoms with Gasteiger partial charge < -0.3 is 14.2 Å². The van der Waals surface area contributed by atoms with Crippen molar-refractivity contribution < 1.29 is 19.0 Å². The molecule has 0 amide bonds. The molecule has 19 heavy (non-hydrogen) atoms. The summed E-state index contributed by atoms with van der Waals surface area (Å²) in [7, 11) is 3.10. The lowest BCUT2D eigenvalue weighted by Crippen LogP contribution is -1.96. The van der Waals surface area contributed by atoms with E-state index in [-0.39, 0.29) is 0 Å². The summed E-state index contributed by atoms with van der Waals surface area (Å²) in [5.74, 6) is 1.99. The van der Waals surface area contributed by atoms with Crippen LogP contribution in [0.4, 0.5) is 0 Å². The highest BCUT2D eigenvalue weighted by Crippen LogP contribution is 2.40. The van der Waals surface area contributed by atoms with Crippen LogP contribution >= 0.6 is 0 Å². The van der Waals surface area contributed by atoms with Crippen LogP contribution in [0, 0.1) is 0 Å². The Morgan fingerprint density at radius 2 is 1.42 bits per heavy atom. The largest absolute Gasteiger partial charge is 0.493 e. The quantitative estimate of drug-likeness (QED) is 0.772. The molecule has 0 aromatic heterocycles. The second-order valence-electron chi connectivity index (χ2n) is 3.75. The number of benzene rings is 2. The van der Waals surface area contributed by atoms with Crippen LogP contribution in [0.5, 0.6) is 23.0 Å². The molecule has 0 bridgehead atoms. The Balaban J connectivity index is 2.45. The van der Waals surface area contributed by atoms with Gasteiger partial charge in [0.15, 0.2) is 17.8 Å². The Kier molecular flexibility index (Phi) is 4.03. The molecule has 2 aromatic carbocycles. The van der Waals surface area contributed by atoms with Crippen LogP contribution in [0.2, 0.25) is 0 Å². The summed E-state index contributed by atoms with van der Waals surface area (Å²) in [6.07, 6.45) is 0.747. The fraction of sp³-hybridized carbons (Fsp3) is 0.133. The normalized spacial score (nSPS) is 9.79. The molecule has 0 fully saturated rings. The number of hydrogen-bond donors (Lipinski definition) is 0. The zero-order chi connectivity index (χ0) is 13.7. The van der Waals surface area contributed by atoms with E-state index in [9.17, 15) is 4.79 Å². The molecule has 0 unspecified atom stereocenters. The van der Waals surface area contributed by atoms with Crippen LogP contribution in [0.15, 0.2) is 42.5 Å². The zero-order valence-corrected chi connectivity index (χ0v) is 10.8. The minimum atomic E-state index is 0.446. The van der Waals surface area contributed by atoms with E-state index in [1.807, 2.05) is 0 Å². The van der Waals surface area contributed by atoms with Crippen molar-refractivity contribution in [3.05, 3.63) is 48.0 Å². The van der Waals surface area contributed by atoms with Crippen LogP contribution in [0.25, 0.3) is 0 Å². The van der Waals surface area contributed by atoms with Gasteiger partial charge in [0.05, 0.1) is 19.8 Å². The maximum Gasteiger partial charge on any atom is 0.211 e. The second kappa shape index (κ2) is 5.91. The molecular formula is C15H14O4. The third kappa shape index (κ3) is 2.68. The zero-order valence-electron chi connectivity index (χ0n) is 10.8. The topological polar surface area (TPSA) is 44.8 Å². The lowest BCUT2D eigenvalue weighted by Gasteiger charge is -2.14. The molecule has 0 aliphatic carbocycles. The number of carbonyl (C=O) groups is 1. The van der Waals surface area contributed by atoms with E-state index in [0.717, 1.165) is 6.29 Å². The van der Waals surface area contributed by atoms with E-state index < -0.39 is 0 Å². The fourth-order valence-electron chi connectivity index (χ4n) is 1.70. The van der Waals surface area contributed by atoms with Gasteiger partial charge in [0.1, 0.15) is 5.75 Å². The van der Waals surface area contributed by atoms with E-state index in [1.54, 1.807) is 56.7 Å². The Labute approximate surface area is 111 Å². The lowest BCUT2D eigenvalue weighted by atomic mass is 10.2. The Morgan fingerprint density at radius 3 is 2.00 bits per heavy atom. The van der Waals surface area contributed by atoms with E-state index in [1.165, 1.54) is 0 Å². The maximum atomic E-state index is 11.0. The highest BCUT2D eigenvalue weighted by molar-refractivity contribution is 5.79. The van der Waals surface area contributed by atoms with E-state index in [0.29, 0.717) is 28.6 Å². The molecule has 0 saturated carbocycles. The van der Waals surface area contributed by atoms with Crippen molar-refractivity contribution in [2.24, 2.45) is 0 Å². The van der Waals surface area contributed by atoms with Gasteiger partial charge in [-0.2, -0.15) is 0 Å². The molecule has 4 heteroatoms. The first-order valence-electron chi connectivity index (χ1n) is 5.73. The SMILES string of the molecule is COc1cccc(OC)c1Oc1ccccc1C=O. The summed E-state index contributed by atoms with van der Waals surface area (Å²) in [5, 5.41) is 0. The van der Waals surface area contributed by atoms with Crippen molar-refractivity contribution in [1.82, 2.24) is 0 Å². The number of aldehydes is 1. The average Bonchev–Trinajstić information content (AvgIpc) is 2.48. The first kappa shape index (κ1) is 13.0. The summed E-state index contributed by atoms with van der Waals surface area (Å²) in [5.41, 5.74) is 0.468. The second-order valence-corrected chi connectivity index (χ2v) is 3.75. The number of methoxy groups -OCH3 is 2. The monoisotopic (exact) mass is 258 g/mol. The van der Waals surface area contributed by atoms with Gasteiger partial charge in [-0.1, -0.05) is 18.2 Å². The van der Waals surface area contributed by atoms with E-state index >= 15 is 0 Å². The van der Waals surface area contributed by atoms with Gasteiger partial charge in [-0.15, -0.1) is 0 Å². The van der Waals surface area contributed by atoms with Crippen molar-refractivity contribution in [3.8, 4) is 23.0 Å². The third-order valence-electron chi connectivity index (χ3n) is 2.64. The Hall–Kier alpha value is -2.49. The van der Waals surface area contributed by atoms with Gasteiger partial charge in [0.2, 0.25) is 5.75 Å². The molecule has 0 N–H and O–H groups in total. The number of hydrogen-bond acceptors (Lipinski definition) is 4. The predicted molar refractivity (Wildman–Crippen MR) is 71.4 cm³/mol. The smallest absolute Gasteiger partial charge is 0.211 e. The molecule has 0 saturated heterocycles. The molecule has 98 valence electrons. The number of ether oxygens (including phenoxy) is 3. The molecule has 0 radical (unpaired) electrons. The van der Waals surface area contributed by atoms with E-state index in [4.69, 9.17) is 14.2 Å². The summed E-state index contributed by atoms with van der Waals surface area (Å²) < 4.78 is 16.2. The first-order chi connectivity index (χ1) is 9.30. The summed E-state index contributed by atoms with van der Waals surface area (Å²) in [4.78, 5) is 11.0. The minimum Gasteiger partial charge on any atom is -0.493 e. The van der Waals surface area contributed by atoms with Crippen molar-refractivity contribution in [2.75, 3.05) is 14.2 Å². The van der Waals surface area contributed by atoms with Crippen molar-refractivity contribution in [3.63, 3.8) is 0 Å². The lowest BCUT2D eigenvalue weighted by molar-refractivity contribution is 0.112. The Morgan fingerprint density at radius 1 is 0.842 bits per heavy atom. The van der Waals surface area contributed by atoms with Gasteiger partial charge in [0, 0.05) is 0 Å². The van der Waals surface area contributed by atoms with Gasteiger partial charge in [-0.3, -0.25) is 4.79 Å². The predicted octanol–water partition coefficient (Wildman–Crippen LogP) is 3.31. The highest BCUT2D eigenvalue weighted by atomic mass is 16.5. The summed E-state index contributed by atoms with van der Waals surface area (Å²) in [6, 6.07) is 12.3. The minimum absolute atomic E-state index is 0.446. The Bertz CT molecular complexity index is 556. The molecule has 0 aliphatic heterocycles. The van der Waals surface area contributed by atoms with Crippen LogP contribution in [-0.4, -0.2) is 20.5 Å². The van der Waals surface area contributed by atoms with Gasteiger partial charge in [0.25, 0.3) is 0 Å². The van der Waals surface area contributed by atoms with Crippen molar-refractivity contribution in [1.29, 1.82) is 0 Å². The third-order valence-corrected chi connectivity index (χ3v) is 2.64. The molecule has 0 atom stereocenters. The number of carbonyl (C=O) groups excluding carboxylic acids is 1. The number of para-hydroxylation sites is 2. The van der Waals surface area contributed by atoms with Gasteiger partial charge in [-0.25, -0.2) is 0 Å². The molecule has 4 nitrogen and oxygen atoms in total. The fourth-order valence-corrected chi connectivity index (χ4v) is 1.70. The molecule has 0 spiro atoms. The molecular weight excluding hydrogens is 244 g/mol. The standard InChI is InChI=1S/C15H14O4/c1-17-13-8-5-9-14(18-2)15(13)19-12-7-4-3-6-11(12)10-16/h3-10H,1-2H3. The van der Waals surface area contributed by atoms with Crippen molar-refractivity contribution >= 4 is 6.29 Å². The summed E-state index contributed by atoms with van der Waals surface area (Å²) in [6.45, 7) is 0. The molecule has 2 aromatic rings. The van der Waals surface area contributed by atoms with E-state index in [2.05, 4.69) is 0 Å². The first-order valence-corrected chi connectivity index (χ1v) is 5.73. The number of rotatable bonds is 5. The molecule has 0 aliphatic rings. The van der Waals surface area contributed by atoms with Crippen LogP contribution < -0.4 is 14.2 Å². The average molecular weight is 258 g/mol. The highest BCUT2D eigenvalue weighted by Gasteiger charge is 2.13. The van der Waals surface area contributed by atoms with Crippen LogP contribution in [-0.2, 0) is 0 Å². The maximum absolute atomic E-state index is 11.0. The van der Waals surface area contributed by atoms with Gasteiger partial charge in [-0.05, 0) is 24.3 Å². The van der Waals surface area contributed by atoms with Crippen LogP contribution in [0.1, 0.15) is 10.4 Å². The molecule has 0 heterocycles. The van der Waals surface area contributed by atoms with Crippen molar-refractivity contribution in [2.45, 2.75) is 0 Å².